The van der Waals surface area contributed by atoms with Gasteiger partial charge in [-0.25, -0.2) is 0 Å². The molecule has 0 radical (unpaired) electrons. The maximum absolute atomic E-state index is 6.28. The average molecular weight is 381 g/mol. The monoisotopic (exact) mass is 380 g/mol. The van der Waals surface area contributed by atoms with Crippen molar-refractivity contribution >= 4 is 17.7 Å². The summed E-state index contributed by atoms with van der Waals surface area (Å²) in [5.41, 5.74) is 1.05. The first-order valence-electron chi connectivity index (χ1n) is 8.99. The van der Waals surface area contributed by atoms with Gasteiger partial charge in [-0.05, 0) is 45.4 Å². The van der Waals surface area contributed by atoms with Crippen LogP contribution in [0.1, 0.15) is 33.3 Å². The normalized spacial score (nSPS) is 38.1. The summed E-state index contributed by atoms with van der Waals surface area (Å²) in [7, 11) is 0. The van der Waals surface area contributed by atoms with Gasteiger partial charge in [0.05, 0.1) is 6.61 Å². The molecule has 4 rings (SSSR count). The molecular weight excluding hydrogens is 356 g/mol. The van der Waals surface area contributed by atoms with Crippen LogP contribution in [-0.2, 0) is 23.7 Å². The van der Waals surface area contributed by atoms with Crippen LogP contribution in [0.3, 0.4) is 0 Å². The minimum absolute atomic E-state index is 0.175. The largest absolute Gasteiger partial charge is 0.362 e. The number of hydrogen-bond donors (Lipinski definition) is 0. The SMILES string of the molecule is CC1(C)O[C@H]2[C@@H](O1)[C@H](/C=C/c1ccc(Cl)cc1)O[C@H]2[C@H]1COC(C)(C)O1. The molecule has 0 bridgehead atoms. The highest BCUT2D eigenvalue weighted by molar-refractivity contribution is 6.30. The molecule has 3 heterocycles. The van der Waals surface area contributed by atoms with Crippen molar-refractivity contribution in [3.63, 3.8) is 0 Å². The van der Waals surface area contributed by atoms with Crippen LogP contribution < -0.4 is 0 Å². The van der Waals surface area contributed by atoms with Crippen LogP contribution in [0.25, 0.3) is 6.08 Å². The third kappa shape index (κ3) is 3.70. The Morgan fingerprint density at radius 3 is 2.27 bits per heavy atom. The molecule has 0 spiro atoms. The first-order chi connectivity index (χ1) is 12.2. The molecule has 5 atom stereocenters. The number of halogens is 1. The Labute approximate surface area is 159 Å². The molecule has 1 aromatic carbocycles. The third-order valence-corrected chi connectivity index (χ3v) is 5.12. The number of hydrogen-bond acceptors (Lipinski definition) is 5. The minimum atomic E-state index is -0.640. The molecule has 1 aromatic rings. The Morgan fingerprint density at radius 1 is 0.923 bits per heavy atom. The lowest BCUT2D eigenvalue weighted by molar-refractivity contribution is -0.201. The summed E-state index contributed by atoms with van der Waals surface area (Å²) in [6.45, 7) is 8.16. The van der Waals surface area contributed by atoms with E-state index in [2.05, 4.69) is 0 Å². The third-order valence-electron chi connectivity index (χ3n) is 4.87. The number of benzene rings is 1. The van der Waals surface area contributed by atoms with Crippen LogP contribution in [0, 0.1) is 0 Å². The summed E-state index contributed by atoms with van der Waals surface area (Å²) < 4.78 is 30.2. The Morgan fingerprint density at radius 2 is 1.62 bits per heavy atom. The summed E-state index contributed by atoms with van der Waals surface area (Å²) in [6, 6.07) is 7.67. The van der Waals surface area contributed by atoms with Crippen LogP contribution >= 0.6 is 11.6 Å². The second-order valence-corrected chi connectivity index (χ2v) is 8.34. The molecule has 3 aliphatic rings. The summed E-state index contributed by atoms with van der Waals surface area (Å²) in [5, 5.41) is 0.717. The molecule has 0 aliphatic carbocycles. The topological polar surface area (TPSA) is 46.2 Å². The van der Waals surface area contributed by atoms with Gasteiger partial charge in [0.15, 0.2) is 11.6 Å². The lowest BCUT2D eigenvalue weighted by atomic mass is 10.0. The fraction of sp³-hybridized carbons (Fsp3) is 0.600. The van der Waals surface area contributed by atoms with E-state index < -0.39 is 11.6 Å². The second-order valence-electron chi connectivity index (χ2n) is 7.91. The maximum Gasteiger partial charge on any atom is 0.164 e. The highest BCUT2D eigenvalue weighted by atomic mass is 35.5. The van der Waals surface area contributed by atoms with Gasteiger partial charge in [-0.2, -0.15) is 0 Å². The van der Waals surface area contributed by atoms with Gasteiger partial charge in [-0.1, -0.05) is 35.9 Å². The van der Waals surface area contributed by atoms with Crippen LogP contribution in [0.5, 0.6) is 0 Å². The molecular formula is C20H25ClO5. The van der Waals surface area contributed by atoms with Crippen molar-refractivity contribution in [1.29, 1.82) is 0 Å². The van der Waals surface area contributed by atoms with E-state index in [4.69, 9.17) is 35.3 Å². The van der Waals surface area contributed by atoms with E-state index in [0.29, 0.717) is 6.61 Å². The van der Waals surface area contributed by atoms with Crippen LogP contribution in [-0.4, -0.2) is 48.7 Å². The number of ether oxygens (including phenoxy) is 5. The van der Waals surface area contributed by atoms with Crippen molar-refractivity contribution in [3.05, 3.63) is 40.9 Å². The summed E-state index contributed by atoms with van der Waals surface area (Å²) in [5.74, 6) is -1.24. The maximum atomic E-state index is 6.28. The van der Waals surface area contributed by atoms with Crippen molar-refractivity contribution < 1.29 is 23.7 Å². The molecule has 142 valence electrons. The van der Waals surface area contributed by atoms with E-state index in [1.54, 1.807) is 0 Å². The Balaban J connectivity index is 1.53. The molecule has 6 heteroatoms. The van der Waals surface area contributed by atoms with Crippen molar-refractivity contribution in [2.75, 3.05) is 6.61 Å². The average Bonchev–Trinajstić information content (AvgIpc) is 3.17. The van der Waals surface area contributed by atoms with Crippen molar-refractivity contribution in [3.8, 4) is 0 Å². The molecule has 0 saturated carbocycles. The van der Waals surface area contributed by atoms with E-state index >= 15 is 0 Å². The standard InChI is InChI=1S/C20H25ClO5/c1-19(2)22-11-15(24-19)16-18-17(25-20(3,4)26-18)14(23-16)10-7-12-5-8-13(21)9-6-12/h5-10,14-18H,11H2,1-4H3/b10-7+/t14-,15+,16-,17-,18+/m0/s1. The number of rotatable bonds is 3. The van der Waals surface area contributed by atoms with Crippen molar-refractivity contribution in [2.45, 2.75) is 69.8 Å². The van der Waals surface area contributed by atoms with Gasteiger partial charge in [0.2, 0.25) is 0 Å². The highest BCUT2D eigenvalue weighted by Gasteiger charge is 2.58. The molecule has 0 aromatic heterocycles. The molecule has 5 nitrogen and oxygen atoms in total. The first-order valence-corrected chi connectivity index (χ1v) is 9.37. The zero-order valence-corrected chi connectivity index (χ0v) is 16.2. The zero-order chi connectivity index (χ0) is 18.5. The Hall–Kier alpha value is -0.950. The fourth-order valence-electron chi connectivity index (χ4n) is 3.77. The molecule has 0 amide bonds. The smallest absolute Gasteiger partial charge is 0.164 e. The van der Waals surface area contributed by atoms with E-state index in [1.807, 2.05) is 64.1 Å². The van der Waals surface area contributed by atoms with Gasteiger partial charge in [0.25, 0.3) is 0 Å². The van der Waals surface area contributed by atoms with Crippen LogP contribution in [0.2, 0.25) is 5.02 Å². The molecule has 0 N–H and O–H groups in total. The van der Waals surface area contributed by atoms with E-state index in [-0.39, 0.29) is 30.5 Å². The summed E-state index contributed by atoms with van der Waals surface area (Å²) in [6.07, 6.45) is 3.05. The van der Waals surface area contributed by atoms with E-state index in [0.717, 1.165) is 10.6 Å². The lowest BCUT2D eigenvalue weighted by Crippen LogP contribution is -2.40. The Bertz CT molecular complexity index is 684. The van der Waals surface area contributed by atoms with E-state index in [1.165, 1.54) is 0 Å². The fourth-order valence-corrected chi connectivity index (χ4v) is 3.90. The number of fused-ring (bicyclic) bond motifs is 1. The zero-order valence-electron chi connectivity index (χ0n) is 15.5. The van der Waals surface area contributed by atoms with Gasteiger partial charge >= 0.3 is 0 Å². The van der Waals surface area contributed by atoms with Gasteiger partial charge in [0.1, 0.15) is 30.5 Å². The molecule has 3 fully saturated rings. The van der Waals surface area contributed by atoms with Gasteiger partial charge in [-0.15, -0.1) is 0 Å². The summed E-state index contributed by atoms with van der Waals surface area (Å²) >= 11 is 5.95. The molecule has 3 aliphatic heterocycles. The van der Waals surface area contributed by atoms with E-state index in [9.17, 15) is 0 Å². The lowest BCUT2D eigenvalue weighted by Gasteiger charge is -2.26. The van der Waals surface area contributed by atoms with Crippen LogP contribution in [0.15, 0.2) is 30.3 Å². The van der Waals surface area contributed by atoms with Crippen molar-refractivity contribution in [1.82, 2.24) is 0 Å². The molecule has 0 unspecified atom stereocenters. The van der Waals surface area contributed by atoms with Gasteiger partial charge in [-0.3, -0.25) is 0 Å². The highest BCUT2D eigenvalue weighted by Crippen LogP contribution is 2.42. The summed E-state index contributed by atoms with van der Waals surface area (Å²) in [4.78, 5) is 0. The van der Waals surface area contributed by atoms with Crippen LogP contribution in [0.4, 0.5) is 0 Å². The predicted molar refractivity (Wildman–Crippen MR) is 97.9 cm³/mol. The predicted octanol–water partition coefficient (Wildman–Crippen LogP) is 3.79. The second kappa shape index (κ2) is 6.59. The Kier molecular flexibility index (Phi) is 4.66. The molecule has 3 saturated heterocycles. The van der Waals surface area contributed by atoms with Gasteiger partial charge < -0.3 is 23.7 Å². The quantitative estimate of drug-likeness (QED) is 0.798. The minimum Gasteiger partial charge on any atom is -0.362 e. The van der Waals surface area contributed by atoms with Crippen molar-refractivity contribution in [2.24, 2.45) is 0 Å². The molecule has 26 heavy (non-hydrogen) atoms. The van der Waals surface area contributed by atoms with Gasteiger partial charge in [0, 0.05) is 5.02 Å². The first kappa shape index (κ1) is 18.4.